The van der Waals surface area contributed by atoms with Gasteiger partial charge < -0.3 is 13.3 Å². The Morgan fingerprint density at radius 1 is 1.07 bits per heavy atom. The van der Waals surface area contributed by atoms with Gasteiger partial charge in [-0.15, -0.1) is 0 Å². The molecule has 0 aliphatic heterocycles. The first kappa shape index (κ1) is 15.8. The number of rotatable bonds is 8. The van der Waals surface area contributed by atoms with Gasteiger partial charge in [0.05, 0.1) is 0 Å². The second-order valence-corrected chi connectivity index (χ2v) is 7.84. The number of halogens is 1. The lowest BCUT2D eigenvalue weighted by Crippen LogP contribution is -2.48. The number of hydrogen-bond donors (Lipinski definition) is 0. The highest BCUT2D eigenvalue weighted by Crippen LogP contribution is 2.21. The van der Waals surface area contributed by atoms with E-state index in [4.69, 9.17) is 13.3 Å². The molecule has 5 heteroatoms. The van der Waals surface area contributed by atoms with Crippen molar-refractivity contribution in [3.8, 4) is 0 Å². The van der Waals surface area contributed by atoms with E-state index in [9.17, 15) is 0 Å². The Hall–Kier alpha value is 0.827. The largest absolute Gasteiger partial charge is 0.501 e. The molecule has 3 nitrogen and oxygen atoms in total. The molecule has 0 aromatic rings. The average molecular weight is 346 g/mol. The smallest absolute Gasteiger partial charge is 0.377 e. The van der Waals surface area contributed by atoms with Gasteiger partial charge in [-0.2, -0.15) is 0 Å². The Balaban J connectivity index is 4.44. The fourth-order valence-corrected chi connectivity index (χ4v) is 5.18. The maximum absolute atomic E-state index is 5.89. The zero-order valence-corrected chi connectivity index (χ0v) is 13.5. The van der Waals surface area contributed by atoms with Gasteiger partial charge in [0.25, 0.3) is 0 Å². The third-order valence-corrected chi connectivity index (χ3v) is 5.77. The fraction of sp³-hybridized carbons (Fsp3) is 1.00. The Bertz CT molecular complexity index is 155. The molecule has 0 amide bonds. The van der Waals surface area contributed by atoms with E-state index in [1.165, 1.54) is 0 Å². The van der Waals surface area contributed by atoms with Crippen molar-refractivity contribution in [1.29, 1.82) is 0 Å². The summed E-state index contributed by atoms with van der Waals surface area (Å²) in [7, 11) is -0.723. The Morgan fingerprint density at radius 3 is 1.80 bits per heavy atom. The molecule has 0 heterocycles. The monoisotopic (exact) mass is 346 g/mol. The second kappa shape index (κ2) is 8.00. The molecule has 0 spiro atoms. The third kappa shape index (κ3) is 6.88. The normalized spacial score (nSPS) is 12.8. The van der Waals surface area contributed by atoms with Crippen molar-refractivity contribution in [2.75, 3.05) is 11.5 Å². The van der Waals surface area contributed by atoms with Gasteiger partial charge in [0, 0.05) is 25.4 Å². The van der Waals surface area contributed by atoms with Gasteiger partial charge >= 0.3 is 8.80 Å². The molecule has 0 atom stereocenters. The minimum atomic E-state index is -2.42. The first-order chi connectivity index (χ1) is 6.95. The van der Waals surface area contributed by atoms with Crippen molar-refractivity contribution in [3.63, 3.8) is 0 Å². The van der Waals surface area contributed by atoms with Crippen LogP contribution in [0.4, 0.5) is 0 Å². The van der Waals surface area contributed by atoms with Gasteiger partial charge in [0.1, 0.15) is 0 Å². The van der Waals surface area contributed by atoms with Crippen molar-refractivity contribution in [2.24, 2.45) is 0 Å². The first-order valence-electron chi connectivity index (χ1n) is 5.42. The molecular weight excluding hydrogens is 323 g/mol. The van der Waals surface area contributed by atoms with Crippen molar-refractivity contribution < 1.29 is 13.3 Å². The molecule has 0 aromatic carbocycles. The molecule has 0 radical (unpaired) electrons. The quantitative estimate of drug-likeness (QED) is 0.384. The highest BCUT2D eigenvalue weighted by atomic mass is 127. The van der Waals surface area contributed by atoms with E-state index >= 15 is 0 Å². The van der Waals surface area contributed by atoms with Crippen LogP contribution in [0.25, 0.3) is 0 Å². The summed E-state index contributed by atoms with van der Waals surface area (Å²) in [5, 5.41) is 0. The van der Waals surface area contributed by atoms with Crippen molar-refractivity contribution >= 4 is 31.4 Å². The van der Waals surface area contributed by atoms with E-state index in [-0.39, 0.29) is 12.2 Å². The molecule has 0 aromatic heterocycles. The molecule has 0 N–H and O–H groups in total. The minimum absolute atomic E-state index is 0.157. The standard InChI is InChI=1S/C10H23IO3Si/c1-9(2)13-15(12-5,8-6-7-11)14-10(3)4/h9-10H,6-8H2,1-5H3. The maximum atomic E-state index is 5.89. The van der Waals surface area contributed by atoms with Crippen molar-refractivity contribution in [1.82, 2.24) is 0 Å². The Labute approximate surface area is 108 Å². The second-order valence-electron chi connectivity index (χ2n) is 4.01. The van der Waals surface area contributed by atoms with Gasteiger partial charge in [-0.25, -0.2) is 0 Å². The summed E-state index contributed by atoms with van der Waals surface area (Å²) in [5.41, 5.74) is 0. The fourth-order valence-electron chi connectivity index (χ4n) is 1.35. The molecule has 0 aliphatic rings. The molecular formula is C10H23IO3Si. The van der Waals surface area contributed by atoms with E-state index in [2.05, 4.69) is 22.6 Å². The Kier molecular flexibility index (Phi) is 8.44. The molecule has 0 saturated heterocycles. The van der Waals surface area contributed by atoms with Gasteiger partial charge in [0.15, 0.2) is 0 Å². The van der Waals surface area contributed by atoms with Gasteiger partial charge in [-0.1, -0.05) is 22.6 Å². The number of alkyl halides is 1. The van der Waals surface area contributed by atoms with Gasteiger partial charge in [0.2, 0.25) is 0 Å². The molecule has 0 unspecified atom stereocenters. The summed E-state index contributed by atoms with van der Waals surface area (Å²) in [6.07, 6.45) is 1.40. The molecule has 0 aliphatic carbocycles. The van der Waals surface area contributed by atoms with Gasteiger partial charge in [-0.05, 0) is 38.5 Å². The molecule has 0 bridgehead atoms. The first-order valence-corrected chi connectivity index (χ1v) is 8.88. The highest BCUT2D eigenvalue weighted by molar-refractivity contribution is 14.1. The van der Waals surface area contributed by atoms with Crippen LogP contribution in [0.5, 0.6) is 0 Å². The minimum Gasteiger partial charge on any atom is -0.377 e. The van der Waals surface area contributed by atoms with Crippen LogP contribution < -0.4 is 0 Å². The predicted octanol–water partition coefficient (Wildman–Crippen LogP) is 3.25. The molecule has 15 heavy (non-hydrogen) atoms. The lowest BCUT2D eigenvalue weighted by Gasteiger charge is -2.31. The van der Waals surface area contributed by atoms with Crippen LogP contribution >= 0.6 is 22.6 Å². The average Bonchev–Trinajstić information content (AvgIpc) is 2.12. The van der Waals surface area contributed by atoms with Crippen LogP contribution in [-0.4, -0.2) is 32.5 Å². The molecule has 0 saturated carbocycles. The van der Waals surface area contributed by atoms with E-state index in [0.29, 0.717) is 0 Å². The zero-order valence-electron chi connectivity index (χ0n) is 10.4. The lowest BCUT2D eigenvalue weighted by molar-refractivity contribution is 0.0328. The highest BCUT2D eigenvalue weighted by Gasteiger charge is 2.41. The van der Waals surface area contributed by atoms with Crippen molar-refractivity contribution in [3.05, 3.63) is 0 Å². The zero-order chi connectivity index (χ0) is 11.9. The SMILES string of the molecule is CO[Si](CCCI)(OC(C)C)OC(C)C. The Morgan fingerprint density at radius 2 is 1.53 bits per heavy atom. The van der Waals surface area contributed by atoms with E-state index in [0.717, 1.165) is 16.9 Å². The topological polar surface area (TPSA) is 27.7 Å². The van der Waals surface area contributed by atoms with Crippen LogP contribution in [0.15, 0.2) is 0 Å². The van der Waals surface area contributed by atoms with Crippen LogP contribution in [0.2, 0.25) is 6.04 Å². The van der Waals surface area contributed by atoms with Gasteiger partial charge in [-0.3, -0.25) is 0 Å². The summed E-state index contributed by atoms with van der Waals surface area (Å²) in [5.74, 6) is 0. The molecule has 92 valence electrons. The summed E-state index contributed by atoms with van der Waals surface area (Å²) >= 11 is 2.37. The van der Waals surface area contributed by atoms with E-state index < -0.39 is 8.80 Å². The molecule has 0 fully saturated rings. The van der Waals surface area contributed by atoms with Crippen LogP contribution in [0.3, 0.4) is 0 Å². The van der Waals surface area contributed by atoms with Crippen LogP contribution in [-0.2, 0) is 13.3 Å². The summed E-state index contributed by atoms with van der Waals surface area (Å²) in [6.45, 7) is 8.09. The molecule has 0 rings (SSSR count). The predicted molar refractivity (Wildman–Crippen MR) is 73.5 cm³/mol. The van der Waals surface area contributed by atoms with Crippen LogP contribution in [0.1, 0.15) is 34.1 Å². The maximum Gasteiger partial charge on any atom is 0.501 e. The van der Waals surface area contributed by atoms with E-state index in [1.807, 2.05) is 27.7 Å². The number of hydrogen-bond acceptors (Lipinski definition) is 3. The third-order valence-electron chi connectivity index (χ3n) is 1.76. The van der Waals surface area contributed by atoms with Crippen molar-refractivity contribution in [2.45, 2.75) is 52.4 Å². The summed E-state index contributed by atoms with van der Waals surface area (Å²) in [6, 6.07) is 0.906. The summed E-state index contributed by atoms with van der Waals surface area (Å²) < 4.78 is 18.4. The summed E-state index contributed by atoms with van der Waals surface area (Å²) in [4.78, 5) is 0. The lowest BCUT2D eigenvalue weighted by atomic mass is 10.5. The van der Waals surface area contributed by atoms with Crippen LogP contribution in [0, 0.1) is 0 Å². The van der Waals surface area contributed by atoms with E-state index in [1.54, 1.807) is 7.11 Å².